The smallest absolute Gasteiger partial charge is 0.170 e. The van der Waals surface area contributed by atoms with Gasteiger partial charge >= 0.3 is 0 Å². The van der Waals surface area contributed by atoms with E-state index in [1.54, 1.807) is 0 Å². The molecule has 0 aliphatic carbocycles. The summed E-state index contributed by atoms with van der Waals surface area (Å²) in [4.78, 5) is 34.3. The summed E-state index contributed by atoms with van der Waals surface area (Å²) in [5.74, 6) is 2.98. The van der Waals surface area contributed by atoms with Gasteiger partial charge in [-0.05, 0) is 177 Å². The second-order valence-electron chi connectivity index (χ2n) is 32.7. The van der Waals surface area contributed by atoms with Crippen LogP contribution >= 0.6 is 0 Å². The molecular formula is C114H66N10O2. The van der Waals surface area contributed by atoms with Gasteiger partial charge in [-0.25, -0.2) is 29.9 Å². The zero-order valence-electron chi connectivity index (χ0n) is 67.4. The lowest BCUT2D eigenvalue weighted by atomic mass is 10.0. The second kappa shape index (κ2) is 27.1. The van der Waals surface area contributed by atoms with E-state index in [2.05, 4.69) is 407 Å². The molecule has 12 nitrogen and oxygen atoms in total. The van der Waals surface area contributed by atoms with Crippen LogP contribution in [0, 0.1) is 0 Å². The summed E-state index contributed by atoms with van der Waals surface area (Å²) in [6.07, 6.45) is 0. The Morgan fingerprint density at radius 2 is 0.548 bits per heavy atom. The number of fused-ring (bicyclic) bond motifs is 21. The topological polar surface area (TPSA) is 123 Å². The van der Waals surface area contributed by atoms with E-state index in [4.69, 9.17) is 38.7 Å². The highest BCUT2D eigenvalue weighted by Gasteiger charge is 2.31. The van der Waals surface area contributed by atoms with Crippen LogP contribution in [0.25, 0.3) is 266 Å². The summed E-state index contributed by atoms with van der Waals surface area (Å²) >= 11 is 0. The molecule has 27 rings (SSSR count). The van der Waals surface area contributed by atoms with Gasteiger partial charge in [-0.3, -0.25) is 0 Å². The molecule has 12 heteroatoms. The van der Waals surface area contributed by atoms with Crippen LogP contribution in [0.5, 0.6) is 0 Å². The van der Waals surface area contributed by atoms with Crippen molar-refractivity contribution < 1.29 is 8.83 Å². The minimum atomic E-state index is 0.459. The number of benzene rings is 19. The molecule has 126 heavy (non-hydrogen) atoms. The summed E-state index contributed by atoms with van der Waals surface area (Å²) in [6, 6.07) is 142. The Bertz CT molecular complexity index is 9310. The molecule has 8 heterocycles. The maximum atomic E-state index is 7.65. The first-order valence-electron chi connectivity index (χ1n) is 42.5. The Balaban J connectivity index is 0.670. The van der Waals surface area contributed by atoms with Crippen molar-refractivity contribution in [2.75, 3.05) is 0 Å². The van der Waals surface area contributed by atoms with Crippen LogP contribution in [0.4, 0.5) is 0 Å². The van der Waals surface area contributed by atoms with Crippen molar-refractivity contribution in [1.29, 1.82) is 0 Å². The molecule has 584 valence electrons. The summed E-state index contributed by atoms with van der Waals surface area (Å²) in [5, 5.41) is 19.3. The Morgan fingerprint density at radius 3 is 1.07 bits per heavy atom. The summed E-state index contributed by atoms with van der Waals surface area (Å²) in [6.45, 7) is 0. The fourth-order valence-corrected chi connectivity index (χ4v) is 20.2. The third-order valence-corrected chi connectivity index (χ3v) is 25.8. The number of rotatable bonds is 11. The van der Waals surface area contributed by atoms with Crippen molar-refractivity contribution in [2.24, 2.45) is 0 Å². The van der Waals surface area contributed by atoms with Crippen molar-refractivity contribution in [3.8, 4) is 102 Å². The molecule has 19 aromatic carbocycles. The maximum absolute atomic E-state index is 7.65. The average Bonchev–Trinajstić information content (AvgIpc) is 1.49. The third kappa shape index (κ3) is 10.5. The molecule has 0 N–H and O–H groups in total. The predicted molar refractivity (Wildman–Crippen MR) is 516 cm³/mol. The van der Waals surface area contributed by atoms with E-state index in [-0.39, 0.29) is 0 Å². The highest BCUT2D eigenvalue weighted by Crippen LogP contribution is 2.49. The number of hydrogen-bond donors (Lipinski definition) is 0. The summed E-state index contributed by atoms with van der Waals surface area (Å²) in [7, 11) is 0. The number of nitrogens with zero attached hydrogens (tertiary/aromatic N) is 10. The summed E-state index contributed by atoms with van der Waals surface area (Å²) < 4.78 is 24.3. The van der Waals surface area contributed by atoms with Crippen LogP contribution in [0.15, 0.2) is 409 Å². The van der Waals surface area contributed by atoms with Gasteiger partial charge < -0.3 is 27.1 Å². The van der Waals surface area contributed by atoms with Crippen molar-refractivity contribution in [3.05, 3.63) is 400 Å². The minimum absolute atomic E-state index is 0.459. The quantitative estimate of drug-likeness (QED) is 0.125. The van der Waals surface area contributed by atoms with Gasteiger partial charge in [0.2, 0.25) is 0 Å². The monoisotopic (exact) mass is 1610 g/mol. The van der Waals surface area contributed by atoms with Gasteiger partial charge in [0.15, 0.2) is 34.9 Å². The molecule has 8 aromatic heterocycles. The molecule has 0 bridgehead atoms. The molecule has 0 saturated heterocycles. The first-order chi connectivity index (χ1) is 62.5. The molecule has 0 spiro atoms. The zero-order valence-corrected chi connectivity index (χ0v) is 67.4. The molecule has 27 aromatic rings. The Hall–Kier alpha value is -17.2. The summed E-state index contributed by atoms with van der Waals surface area (Å²) in [5.41, 5.74) is 21.7. The van der Waals surface area contributed by atoms with Gasteiger partial charge in [0.05, 0.1) is 66.6 Å². The van der Waals surface area contributed by atoms with Gasteiger partial charge in [0.25, 0.3) is 0 Å². The van der Waals surface area contributed by atoms with Crippen LogP contribution in [-0.4, -0.2) is 48.2 Å². The van der Waals surface area contributed by atoms with E-state index in [0.29, 0.717) is 51.7 Å². The van der Waals surface area contributed by atoms with Crippen molar-refractivity contribution in [2.45, 2.75) is 0 Å². The van der Waals surface area contributed by atoms with Gasteiger partial charge in [-0.15, -0.1) is 0 Å². The largest absolute Gasteiger partial charge is 0.455 e. The lowest BCUT2D eigenvalue weighted by molar-refractivity contribution is 0.669. The number of aromatic nitrogens is 10. The molecule has 0 amide bonds. The zero-order chi connectivity index (χ0) is 82.3. The minimum Gasteiger partial charge on any atom is -0.455 e. The van der Waals surface area contributed by atoms with E-state index in [1.165, 1.54) is 5.39 Å². The molecular weight excluding hydrogens is 1540 g/mol. The van der Waals surface area contributed by atoms with Gasteiger partial charge in [-0.1, -0.05) is 267 Å². The van der Waals surface area contributed by atoms with E-state index >= 15 is 0 Å². The molecule has 0 aliphatic rings. The van der Waals surface area contributed by atoms with E-state index in [9.17, 15) is 0 Å². The molecule has 0 aliphatic heterocycles. The van der Waals surface area contributed by atoms with Crippen LogP contribution in [0.2, 0.25) is 0 Å². The van der Waals surface area contributed by atoms with Crippen LogP contribution in [0.3, 0.4) is 0 Å². The highest BCUT2D eigenvalue weighted by molar-refractivity contribution is 6.21. The number of furan rings is 2. The number of para-hydroxylation sites is 7. The molecule has 0 saturated carbocycles. The SMILES string of the molecule is c1ccc(-n2c3ccccc3c3c(-c4nc(-c5ccc(-c6ccc7c(c6)oc6c(-c8nc(-c9ccc%10ccccc%10c9)nc(-c9cccc%10c9c9ccccc9n%10-c9ccccc9)n8)c(-n8c9ccccc9c9cc%10ccccc%10cc98)ccc67)cc5)nc(-c5c(-n6c7ccccc7c7cc8ccccc8cc76)ccc6c5oc5ccccc56)n4)cccc32)cc1. The van der Waals surface area contributed by atoms with Crippen molar-refractivity contribution in [1.82, 2.24) is 48.2 Å². The Labute approximate surface area is 718 Å². The predicted octanol–water partition coefficient (Wildman–Crippen LogP) is 29.4. The van der Waals surface area contributed by atoms with Gasteiger partial charge in [-0.2, -0.15) is 0 Å². The third-order valence-electron chi connectivity index (χ3n) is 25.8. The maximum Gasteiger partial charge on any atom is 0.170 e. The number of hydrogen-bond acceptors (Lipinski definition) is 8. The van der Waals surface area contributed by atoms with Crippen LogP contribution in [0.1, 0.15) is 0 Å². The van der Waals surface area contributed by atoms with Crippen LogP contribution < -0.4 is 0 Å². The first kappa shape index (κ1) is 69.6. The Kier molecular flexibility index (Phi) is 15.0. The average molecular weight is 1610 g/mol. The molecule has 0 fully saturated rings. The van der Waals surface area contributed by atoms with Crippen molar-refractivity contribution in [3.63, 3.8) is 0 Å². The van der Waals surface area contributed by atoms with Gasteiger partial charge in [0.1, 0.15) is 22.3 Å². The van der Waals surface area contributed by atoms with Gasteiger partial charge in [0, 0.05) is 98.3 Å². The lowest BCUT2D eigenvalue weighted by Crippen LogP contribution is -2.04. The molecule has 0 radical (unpaired) electrons. The lowest BCUT2D eigenvalue weighted by Gasteiger charge is -2.16. The first-order valence-corrected chi connectivity index (χ1v) is 42.5. The molecule has 0 atom stereocenters. The van der Waals surface area contributed by atoms with E-state index < -0.39 is 0 Å². The standard InChI is InChI=1S/C114H66N10O2/c1-3-31-77(32-4-1)121-93-44-20-15-38-85(93)103-87(40-23-46-95(103)121)111-115-109(117-113(119-111)105-97(59-57-83-81-37-17-22-48-101(81)125-107(83)105)123-91-42-18-13-35-79(91)89-62-71-27-9-11-29-73(71)64-99(89)123)69-52-49-68(50-53-69)75-55-56-82-84-58-60-98(124-92-43-19-14-36-80(92)90-63-72-28-10-12-30-74(72)65-100(90)124)106(108(84)126-102(82)66-75)114-118-110(76-54-51-67-25-7-8-26-70(67)61-76)116-112(120-114)88-41-24-47-96-104(88)86-39-16-21-45-94(86)122(96)78-33-5-2-6-34-78/h1-66H. The van der Waals surface area contributed by atoms with Crippen molar-refractivity contribution >= 4 is 163 Å². The van der Waals surface area contributed by atoms with E-state index in [0.717, 1.165) is 209 Å². The molecule has 0 unspecified atom stereocenters. The second-order valence-corrected chi connectivity index (χ2v) is 32.7. The fourth-order valence-electron chi connectivity index (χ4n) is 20.2. The Morgan fingerprint density at radius 1 is 0.183 bits per heavy atom. The van der Waals surface area contributed by atoms with E-state index in [1.807, 2.05) is 12.1 Å². The van der Waals surface area contributed by atoms with Crippen LogP contribution in [-0.2, 0) is 0 Å². The highest BCUT2D eigenvalue weighted by atomic mass is 16.3. The normalized spacial score (nSPS) is 12.1. The fraction of sp³-hybridized carbons (Fsp3) is 0.